The van der Waals surface area contributed by atoms with Gasteiger partial charge in [0.1, 0.15) is 17.5 Å². The molecule has 0 saturated heterocycles. The Labute approximate surface area is 177 Å². The third-order valence-electron chi connectivity index (χ3n) is 4.87. The molecule has 2 aromatic carbocycles. The quantitative estimate of drug-likeness (QED) is 0.469. The van der Waals surface area contributed by atoms with Crippen molar-refractivity contribution in [2.45, 2.75) is 20.4 Å². The normalized spacial score (nSPS) is 11.2. The molecule has 0 spiro atoms. The van der Waals surface area contributed by atoms with Gasteiger partial charge in [0.15, 0.2) is 17.3 Å². The van der Waals surface area contributed by atoms with Gasteiger partial charge in [0.2, 0.25) is 0 Å². The second kappa shape index (κ2) is 7.60. The van der Waals surface area contributed by atoms with Crippen molar-refractivity contribution in [3.8, 4) is 11.4 Å². The van der Waals surface area contributed by atoms with Crippen LogP contribution < -0.4 is 5.32 Å². The number of hydrogen-bond donors (Lipinski definition) is 1. The zero-order valence-corrected chi connectivity index (χ0v) is 17.0. The van der Waals surface area contributed by atoms with Crippen molar-refractivity contribution in [3.63, 3.8) is 0 Å². The zero-order chi connectivity index (χ0) is 21.4. The molecular formula is C22H19FN8. The molecule has 9 heteroatoms. The molecule has 0 radical (unpaired) electrons. The molecule has 0 aliphatic rings. The van der Waals surface area contributed by atoms with E-state index in [0.29, 0.717) is 29.4 Å². The van der Waals surface area contributed by atoms with Crippen LogP contribution in [0.1, 0.15) is 17.2 Å². The van der Waals surface area contributed by atoms with Gasteiger partial charge in [-0.05, 0) is 55.8 Å². The van der Waals surface area contributed by atoms with Gasteiger partial charge in [0.25, 0.3) is 0 Å². The first-order valence-electron chi connectivity index (χ1n) is 9.78. The highest BCUT2D eigenvalue weighted by Gasteiger charge is 2.13. The predicted molar refractivity (Wildman–Crippen MR) is 114 cm³/mol. The number of aromatic nitrogens is 7. The molecule has 5 rings (SSSR count). The van der Waals surface area contributed by atoms with E-state index in [2.05, 4.69) is 30.7 Å². The number of fused-ring (bicyclic) bond motifs is 1. The van der Waals surface area contributed by atoms with Crippen LogP contribution in [0, 0.1) is 19.7 Å². The van der Waals surface area contributed by atoms with E-state index >= 15 is 0 Å². The summed E-state index contributed by atoms with van der Waals surface area (Å²) in [6.07, 6.45) is 0. The van der Waals surface area contributed by atoms with Gasteiger partial charge < -0.3 is 5.32 Å². The van der Waals surface area contributed by atoms with E-state index in [0.717, 1.165) is 22.9 Å². The second-order valence-electron chi connectivity index (χ2n) is 7.18. The minimum Gasteiger partial charge on any atom is -0.339 e. The van der Waals surface area contributed by atoms with Crippen LogP contribution in [-0.2, 0) is 6.54 Å². The molecule has 8 nitrogen and oxygen atoms in total. The summed E-state index contributed by atoms with van der Waals surface area (Å²) in [4.78, 5) is 4.35. The summed E-state index contributed by atoms with van der Waals surface area (Å²) < 4.78 is 17.7. The molecule has 0 amide bonds. The second-order valence-corrected chi connectivity index (χ2v) is 7.18. The van der Waals surface area contributed by atoms with Crippen LogP contribution >= 0.6 is 0 Å². The Morgan fingerprint density at radius 2 is 1.81 bits per heavy atom. The van der Waals surface area contributed by atoms with Crippen LogP contribution in [0.25, 0.3) is 17.0 Å². The fourth-order valence-electron chi connectivity index (χ4n) is 3.45. The summed E-state index contributed by atoms with van der Waals surface area (Å²) in [6, 6.07) is 18.0. The molecule has 154 valence electrons. The Kier molecular flexibility index (Phi) is 4.62. The minimum atomic E-state index is -0.372. The van der Waals surface area contributed by atoms with Crippen LogP contribution in [-0.4, -0.2) is 34.6 Å². The van der Waals surface area contributed by atoms with Crippen LogP contribution in [0.3, 0.4) is 0 Å². The molecule has 5 aromatic rings. The van der Waals surface area contributed by atoms with E-state index in [1.165, 1.54) is 10.6 Å². The highest BCUT2D eigenvalue weighted by molar-refractivity contribution is 5.62. The average Bonchev–Trinajstić information content (AvgIpc) is 3.31. The van der Waals surface area contributed by atoms with Crippen molar-refractivity contribution in [1.29, 1.82) is 0 Å². The third-order valence-corrected chi connectivity index (χ3v) is 4.87. The molecule has 3 aromatic heterocycles. The third kappa shape index (κ3) is 3.73. The highest BCUT2D eigenvalue weighted by atomic mass is 19.1. The number of benzene rings is 2. The topological polar surface area (TPSA) is 85.8 Å². The largest absolute Gasteiger partial charge is 0.339 e. The fraction of sp³-hybridized carbons (Fsp3) is 0.136. The number of aryl methyl sites for hydroxylation is 2. The molecule has 0 aliphatic carbocycles. The molecule has 0 atom stereocenters. The SMILES string of the molecule is Cc1nc(C)n(Cc2cccc(Nc3ccc4nnc(-c5ccccc5F)n4n3)c2)n1. The number of halogens is 1. The molecule has 3 heterocycles. The lowest BCUT2D eigenvalue weighted by atomic mass is 10.2. The van der Waals surface area contributed by atoms with E-state index in [-0.39, 0.29) is 5.82 Å². The zero-order valence-electron chi connectivity index (χ0n) is 17.0. The first kappa shape index (κ1) is 18.9. The molecule has 0 saturated carbocycles. The Hall–Kier alpha value is -4.14. The standard InChI is InChI=1S/C22H19FN8/c1-14-24-15(2)30(28-14)13-16-6-5-7-17(12-16)25-20-10-11-21-26-27-22(31(21)29-20)18-8-3-4-9-19(18)23/h3-12H,13H2,1-2H3,(H,25,29). The van der Waals surface area contributed by atoms with Crippen LogP contribution in [0.5, 0.6) is 0 Å². The summed E-state index contributed by atoms with van der Waals surface area (Å²) in [5.74, 6) is 2.20. The summed E-state index contributed by atoms with van der Waals surface area (Å²) in [5.41, 5.74) is 2.84. The maximum absolute atomic E-state index is 14.2. The van der Waals surface area contributed by atoms with Crippen molar-refractivity contribution in [2.24, 2.45) is 0 Å². The van der Waals surface area contributed by atoms with Crippen molar-refractivity contribution >= 4 is 17.2 Å². The maximum atomic E-state index is 14.2. The number of nitrogens with zero attached hydrogens (tertiary/aromatic N) is 7. The Morgan fingerprint density at radius 3 is 2.61 bits per heavy atom. The van der Waals surface area contributed by atoms with Crippen molar-refractivity contribution in [3.05, 3.63) is 83.7 Å². The first-order valence-corrected chi connectivity index (χ1v) is 9.78. The van der Waals surface area contributed by atoms with E-state index < -0.39 is 0 Å². The molecule has 0 fully saturated rings. The molecule has 31 heavy (non-hydrogen) atoms. The molecular weight excluding hydrogens is 395 g/mol. The van der Waals surface area contributed by atoms with E-state index in [1.54, 1.807) is 24.3 Å². The van der Waals surface area contributed by atoms with Crippen molar-refractivity contribution < 1.29 is 4.39 Å². The van der Waals surface area contributed by atoms with E-state index in [9.17, 15) is 4.39 Å². The number of nitrogens with one attached hydrogen (secondary N) is 1. The minimum absolute atomic E-state index is 0.347. The van der Waals surface area contributed by atoms with Gasteiger partial charge in [0, 0.05) is 5.69 Å². The smallest absolute Gasteiger partial charge is 0.188 e. The number of hydrogen-bond acceptors (Lipinski definition) is 6. The summed E-state index contributed by atoms with van der Waals surface area (Å²) in [7, 11) is 0. The Morgan fingerprint density at radius 1 is 0.935 bits per heavy atom. The van der Waals surface area contributed by atoms with Gasteiger partial charge >= 0.3 is 0 Å². The molecule has 0 aliphatic heterocycles. The van der Waals surface area contributed by atoms with Crippen molar-refractivity contribution in [1.82, 2.24) is 34.6 Å². The molecule has 0 bridgehead atoms. The lowest BCUT2D eigenvalue weighted by Gasteiger charge is -2.09. The summed E-state index contributed by atoms with van der Waals surface area (Å²) >= 11 is 0. The molecule has 1 N–H and O–H groups in total. The van der Waals surface area contributed by atoms with Gasteiger partial charge in [-0.3, -0.25) is 0 Å². The Bertz CT molecular complexity index is 1390. The summed E-state index contributed by atoms with van der Waals surface area (Å²) in [5, 5.41) is 20.5. The van der Waals surface area contributed by atoms with Gasteiger partial charge in [-0.1, -0.05) is 24.3 Å². The van der Waals surface area contributed by atoms with Crippen LogP contribution in [0.4, 0.5) is 15.9 Å². The monoisotopic (exact) mass is 414 g/mol. The van der Waals surface area contributed by atoms with Gasteiger partial charge in [-0.25, -0.2) is 14.1 Å². The van der Waals surface area contributed by atoms with Gasteiger partial charge in [0.05, 0.1) is 12.1 Å². The number of anilines is 2. The predicted octanol–water partition coefficient (Wildman–Crippen LogP) is 3.93. The van der Waals surface area contributed by atoms with Crippen LogP contribution in [0.15, 0.2) is 60.7 Å². The summed E-state index contributed by atoms with van der Waals surface area (Å²) in [6.45, 7) is 4.44. The van der Waals surface area contributed by atoms with E-state index in [1.807, 2.05) is 48.9 Å². The lowest BCUT2D eigenvalue weighted by Crippen LogP contribution is -2.05. The average molecular weight is 414 g/mol. The lowest BCUT2D eigenvalue weighted by molar-refractivity contribution is 0.629. The van der Waals surface area contributed by atoms with Crippen LogP contribution in [0.2, 0.25) is 0 Å². The van der Waals surface area contributed by atoms with E-state index in [4.69, 9.17) is 0 Å². The maximum Gasteiger partial charge on any atom is 0.188 e. The fourth-order valence-corrected chi connectivity index (χ4v) is 3.45. The highest BCUT2D eigenvalue weighted by Crippen LogP contribution is 2.22. The Balaban J connectivity index is 1.44. The van der Waals surface area contributed by atoms with Gasteiger partial charge in [-0.2, -0.15) is 9.61 Å². The first-order chi connectivity index (χ1) is 15.1. The van der Waals surface area contributed by atoms with Gasteiger partial charge in [-0.15, -0.1) is 15.3 Å². The molecule has 0 unspecified atom stereocenters. The van der Waals surface area contributed by atoms with Crippen molar-refractivity contribution in [2.75, 3.05) is 5.32 Å². The number of rotatable bonds is 5.